The average molecular weight is 671 g/mol. The van der Waals surface area contributed by atoms with Gasteiger partial charge in [-0.25, -0.2) is 4.98 Å². The average Bonchev–Trinajstić information content (AvgIpc) is 3.08. The summed E-state index contributed by atoms with van der Waals surface area (Å²) >= 11 is 0. The van der Waals surface area contributed by atoms with Crippen molar-refractivity contribution in [3.05, 3.63) is 65.2 Å². The molecule has 9 nitrogen and oxygen atoms in total. The molecular formula is C40H58N6O3. The highest BCUT2D eigenvalue weighted by Gasteiger charge is 2.19. The first-order valence-electron chi connectivity index (χ1n) is 18.4. The quantitative estimate of drug-likeness (QED) is 0.0636. The molecule has 2 aromatic carbocycles. The lowest BCUT2D eigenvalue weighted by Gasteiger charge is -2.18. The van der Waals surface area contributed by atoms with E-state index in [0.29, 0.717) is 41.4 Å². The molecule has 0 saturated heterocycles. The van der Waals surface area contributed by atoms with Crippen molar-refractivity contribution in [2.75, 3.05) is 21.3 Å². The maximum atomic E-state index is 12.5. The number of hydrogen-bond donors (Lipinski definition) is 5. The van der Waals surface area contributed by atoms with Crippen LogP contribution < -0.4 is 27.0 Å². The molecule has 1 heterocycles. The van der Waals surface area contributed by atoms with Crippen LogP contribution in [-0.2, 0) is 9.59 Å². The predicted molar refractivity (Wildman–Crippen MR) is 204 cm³/mol. The summed E-state index contributed by atoms with van der Waals surface area (Å²) in [7, 11) is 0. The normalized spacial score (nSPS) is 10.9. The highest BCUT2D eigenvalue weighted by molar-refractivity contribution is 6.01. The molecule has 0 aliphatic carbocycles. The number of aromatic nitrogens is 1. The fourth-order valence-corrected chi connectivity index (χ4v) is 5.79. The number of anilines is 6. The van der Waals surface area contributed by atoms with Crippen molar-refractivity contribution in [2.45, 2.75) is 130 Å². The van der Waals surface area contributed by atoms with E-state index >= 15 is 0 Å². The maximum Gasteiger partial charge on any atom is 0.252 e. The van der Waals surface area contributed by atoms with Crippen molar-refractivity contribution in [3.8, 4) is 0 Å². The molecule has 3 aromatic rings. The lowest BCUT2D eigenvalue weighted by Crippen LogP contribution is -2.18. The van der Waals surface area contributed by atoms with Crippen LogP contribution in [0.4, 0.5) is 34.4 Å². The Balaban J connectivity index is 1.57. The number of carbonyl (C=O) groups excluding carboxylic acids is 3. The van der Waals surface area contributed by atoms with Gasteiger partial charge in [-0.15, -0.1) is 0 Å². The van der Waals surface area contributed by atoms with Gasteiger partial charge in [0.1, 0.15) is 11.6 Å². The van der Waals surface area contributed by atoms with Crippen LogP contribution in [0.3, 0.4) is 0 Å². The Kier molecular flexibility index (Phi) is 17.2. The standard InChI is InChI=1S/C40H58N6O3/c1-5-7-9-11-13-15-17-19-35(47)42-31-21-25-33(26-22-31)44-39-30(4)29(3)37(38(41)49)40(46-39)45-34-27-23-32(24-28-34)43-36(48)20-18-16-14-12-10-8-6-2/h21-28H,5-20H2,1-4H3,(H2,41,49)(H,42,47)(H,43,48)(H2,44,45,46). The largest absolute Gasteiger partial charge is 0.365 e. The summed E-state index contributed by atoms with van der Waals surface area (Å²) < 4.78 is 0. The van der Waals surface area contributed by atoms with Crippen molar-refractivity contribution in [1.29, 1.82) is 0 Å². The van der Waals surface area contributed by atoms with Gasteiger partial charge in [-0.3, -0.25) is 14.4 Å². The number of hydrogen-bond acceptors (Lipinski definition) is 6. The predicted octanol–water partition coefficient (Wildman–Crippen LogP) is 10.4. The minimum absolute atomic E-state index is 0.00994. The molecule has 0 aliphatic rings. The van der Waals surface area contributed by atoms with Gasteiger partial charge in [0.15, 0.2) is 0 Å². The molecule has 9 heteroatoms. The lowest BCUT2D eigenvalue weighted by atomic mass is 10.0. The molecule has 0 fully saturated rings. The van der Waals surface area contributed by atoms with Gasteiger partial charge in [-0.05, 0) is 86.3 Å². The molecule has 3 rings (SSSR count). The molecule has 0 saturated carbocycles. The number of pyridine rings is 1. The molecule has 266 valence electrons. The van der Waals surface area contributed by atoms with E-state index in [1.54, 1.807) is 0 Å². The van der Waals surface area contributed by atoms with E-state index in [9.17, 15) is 14.4 Å². The number of rotatable bonds is 23. The Morgan fingerprint density at radius 1 is 0.531 bits per heavy atom. The summed E-state index contributed by atoms with van der Waals surface area (Å²) in [5, 5.41) is 12.6. The van der Waals surface area contributed by atoms with Crippen LogP contribution in [0.5, 0.6) is 0 Å². The first kappa shape index (κ1) is 39.0. The van der Waals surface area contributed by atoms with Gasteiger partial charge >= 0.3 is 0 Å². The zero-order valence-corrected chi connectivity index (χ0v) is 30.2. The van der Waals surface area contributed by atoms with E-state index in [2.05, 4.69) is 35.1 Å². The molecule has 0 spiro atoms. The third-order valence-corrected chi connectivity index (χ3v) is 8.88. The van der Waals surface area contributed by atoms with Crippen LogP contribution in [0, 0.1) is 13.8 Å². The minimum Gasteiger partial charge on any atom is -0.365 e. The van der Waals surface area contributed by atoms with E-state index in [1.165, 1.54) is 64.2 Å². The highest BCUT2D eigenvalue weighted by Crippen LogP contribution is 2.31. The van der Waals surface area contributed by atoms with Crippen LogP contribution in [0.15, 0.2) is 48.5 Å². The van der Waals surface area contributed by atoms with Gasteiger partial charge in [0.25, 0.3) is 5.91 Å². The molecule has 3 amide bonds. The number of carbonyl (C=O) groups is 3. The van der Waals surface area contributed by atoms with Crippen molar-refractivity contribution < 1.29 is 14.4 Å². The Hall–Kier alpha value is -4.40. The van der Waals surface area contributed by atoms with E-state index in [-0.39, 0.29) is 11.8 Å². The third-order valence-electron chi connectivity index (χ3n) is 8.88. The molecule has 6 N–H and O–H groups in total. The van der Waals surface area contributed by atoms with E-state index in [4.69, 9.17) is 10.7 Å². The fraction of sp³-hybridized carbons (Fsp3) is 0.500. The zero-order chi connectivity index (χ0) is 35.4. The summed E-state index contributed by atoms with van der Waals surface area (Å²) in [6.07, 6.45) is 17.4. The van der Waals surface area contributed by atoms with E-state index in [0.717, 1.165) is 48.2 Å². The van der Waals surface area contributed by atoms with Crippen molar-refractivity contribution in [1.82, 2.24) is 4.98 Å². The molecule has 49 heavy (non-hydrogen) atoms. The van der Waals surface area contributed by atoms with Crippen molar-refractivity contribution in [3.63, 3.8) is 0 Å². The first-order chi connectivity index (χ1) is 23.7. The number of nitrogens with one attached hydrogen (secondary N) is 4. The summed E-state index contributed by atoms with van der Waals surface area (Å²) in [5.41, 5.74) is 10.6. The second-order valence-electron chi connectivity index (χ2n) is 13.0. The maximum absolute atomic E-state index is 12.5. The van der Waals surface area contributed by atoms with Crippen molar-refractivity contribution >= 4 is 52.1 Å². The molecule has 0 atom stereocenters. The van der Waals surface area contributed by atoms with Gasteiger partial charge in [0, 0.05) is 35.6 Å². The monoisotopic (exact) mass is 670 g/mol. The minimum atomic E-state index is -0.576. The third kappa shape index (κ3) is 13.9. The Labute approximate surface area is 293 Å². The molecule has 0 radical (unpaired) electrons. The summed E-state index contributed by atoms with van der Waals surface area (Å²) in [6.45, 7) is 8.17. The van der Waals surface area contributed by atoms with E-state index < -0.39 is 5.91 Å². The number of benzene rings is 2. The number of nitrogens with zero attached hydrogens (tertiary/aromatic N) is 1. The van der Waals surface area contributed by atoms with Gasteiger partial charge in [-0.2, -0.15) is 0 Å². The molecule has 0 aliphatic heterocycles. The number of amides is 3. The van der Waals surface area contributed by atoms with Crippen LogP contribution in [0.2, 0.25) is 0 Å². The molecular weight excluding hydrogens is 612 g/mol. The summed E-state index contributed by atoms with van der Waals surface area (Å²) in [5.74, 6) is 0.376. The fourth-order valence-electron chi connectivity index (χ4n) is 5.79. The lowest BCUT2D eigenvalue weighted by molar-refractivity contribution is -0.117. The van der Waals surface area contributed by atoms with Gasteiger partial charge in [0.2, 0.25) is 11.8 Å². The smallest absolute Gasteiger partial charge is 0.252 e. The Morgan fingerprint density at radius 2 is 0.898 bits per heavy atom. The zero-order valence-electron chi connectivity index (χ0n) is 30.2. The second-order valence-corrected chi connectivity index (χ2v) is 13.0. The van der Waals surface area contributed by atoms with E-state index in [1.807, 2.05) is 62.4 Å². The summed E-state index contributed by atoms with van der Waals surface area (Å²) in [4.78, 5) is 42.1. The van der Waals surface area contributed by atoms with Crippen molar-refractivity contribution in [2.24, 2.45) is 5.73 Å². The second kappa shape index (κ2) is 21.5. The highest BCUT2D eigenvalue weighted by atomic mass is 16.2. The Bertz CT molecular complexity index is 1470. The first-order valence-corrected chi connectivity index (χ1v) is 18.4. The van der Waals surface area contributed by atoms with Crippen LogP contribution >= 0.6 is 0 Å². The van der Waals surface area contributed by atoms with Gasteiger partial charge in [0.05, 0.1) is 5.56 Å². The molecule has 0 unspecified atom stereocenters. The van der Waals surface area contributed by atoms with Crippen LogP contribution in [0.25, 0.3) is 0 Å². The van der Waals surface area contributed by atoms with Gasteiger partial charge < -0.3 is 27.0 Å². The van der Waals surface area contributed by atoms with Crippen LogP contribution in [-0.4, -0.2) is 22.7 Å². The number of unbranched alkanes of at least 4 members (excludes halogenated alkanes) is 12. The molecule has 0 bridgehead atoms. The van der Waals surface area contributed by atoms with Gasteiger partial charge in [-0.1, -0.05) is 90.9 Å². The topological polar surface area (TPSA) is 138 Å². The number of nitrogens with two attached hydrogens (primary N) is 1. The SMILES string of the molecule is CCCCCCCCCC(=O)Nc1ccc(Nc2nc(Nc3ccc(NC(=O)CCCCCCCCC)cc3)c(C(N)=O)c(C)c2C)cc1. The summed E-state index contributed by atoms with van der Waals surface area (Å²) in [6, 6.07) is 14.8. The van der Waals surface area contributed by atoms with Crippen LogP contribution in [0.1, 0.15) is 138 Å². The molecule has 1 aromatic heterocycles. The Morgan fingerprint density at radius 3 is 1.31 bits per heavy atom. The number of primary amides is 1.